The summed E-state index contributed by atoms with van der Waals surface area (Å²) in [6.07, 6.45) is 0.684. The summed E-state index contributed by atoms with van der Waals surface area (Å²) in [6.45, 7) is 4.34. The number of halogens is 1. The van der Waals surface area contributed by atoms with Gasteiger partial charge in [-0.2, -0.15) is 0 Å². The van der Waals surface area contributed by atoms with E-state index in [1.165, 1.54) is 6.07 Å². The molecule has 0 unspecified atom stereocenters. The molecule has 2 aromatic carbocycles. The van der Waals surface area contributed by atoms with E-state index in [9.17, 15) is 9.18 Å². The molecule has 1 amide bonds. The first-order valence-electron chi connectivity index (χ1n) is 9.42. The fourth-order valence-corrected chi connectivity index (χ4v) is 4.48. The van der Waals surface area contributed by atoms with E-state index in [0.29, 0.717) is 13.1 Å². The highest BCUT2D eigenvalue weighted by Crippen LogP contribution is 2.42. The van der Waals surface area contributed by atoms with Crippen molar-refractivity contribution >= 4 is 5.91 Å². The van der Waals surface area contributed by atoms with E-state index in [4.69, 9.17) is 4.74 Å². The van der Waals surface area contributed by atoms with Crippen LogP contribution in [0.2, 0.25) is 0 Å². The summed E-state index contributed by atoms with van der Waals surface area (Å²) in [5, 5.41) is 0. The lowest BCUT2D eigenvalue weighted by atomic mass is 9.76. The maximum Gasteiger partial charge on any atom is 0.249 e. The van der Waals surface area contributed by atoms with Crippen LogP contribution in [0.5, 0.6) is 0 Å². The minimum atomic E-state index is -0.440. The molecule has 2 atom stereocenters. The van der Waals surface area contributed by atoms with Gasteiger partial charge in [0.25, 0.3) is 0 Å². The van der Waals surface area contributed by atoms with Crippen molar-refractivity contribution in [2.24, 2.45) is 0 Å². The molecule has 2 aromatic rings. The van der Waals surface area contributed by atoms with Gasteiger partial charge < -0.3 is 9.64 Å². The molecule has 142 valence electrons. The fraction of sp³-hybridized carbons (Fsp3) is 0.409. The van der Waals surface area contributed by atoms with Crippen LogP contribution in [0.4, 0.5) is 4.39 Å². The van der Waals surface area contributed by atoms with Crippen molar-refractivity contribution in [1.82, 2.24) is 9.80 Å². The Balaban J connectivity index is 1.61. The van der Waals surface area contributed by atoms with Crippen molar-refractivity contribution in [1.29, 1.82) is 0 Å². The lowest BCUT2D eigenvalue weighted by molar-refractivity contribution is -0.183. The van der Waals surface area contributed by atoms with Gasteiger partial charge in [-0.25, -0.2) is 4.39 Å². The van der Waals surface area contributed by atoms with Gasteiger partial charge in [0, 0.05) is 26.7 Å². The summed E-state index contributed by atoms with van der Waals surface area (Å²) in [7, 11) is 1.89. The van der Waals surface area contributed by atoms with Crippen LogP contribution < -0.4 is 0 Å². The maximum atomic E-state index is 13.7. The van der Waals surface area contributed by atoms with Crippen LogP contribution in [-0.2, 0) is 21.6 Å². The number of likely N-dealkylation sites (tertiary alicyclic amines) is 1. The van der Waals surface area contributed by atoms with E-state index in [0.717, 1.165) is 29.7 Å². The number of likely N-dealkylation sites (N-methyl/N-ethyl adjacent to an activating group) is 1. The number of amides is 1. The molecular formula is C22H25FN2O2. The predicted octanol–water partition coefficient (Wildman–Crippen LogP) is 3.09. The fourth-order valence-electron chi connectivity index (χ4n) is 4.48. The highest BCUT2D eigenvalue weighted by Gasteiger charge is 2.52. The third kappa shape index (κ3) is 3.15. The molecule has 2 aliphatic heterocycles. The van der Waals surface area contributed by atoms with Crippen molar-refractivity contribution < 1.29 is 13.9 Å². The number of fused-ring (bicyclic) bond motifs is 1. The molecule has 2 aliphatic rings. The van der Waals surface area contributed by atoms with Crippen molar-refractivity contribution in [2.75, 3.05) is 26.7 Å². The van der Waals surface area contributed by atoms with Crippen molar-refractivity contribution in [3.63, 3.8) is 0 Å². The minimum Gasteiger partial charge on any atom is -0.364 e. The summed E-state index contributed by atoms with van der Waals surface area (Å²) >= 11 is 0. The van der Waals surface area contributed by atoms with Gasteiger partial charge in [-0.05, 0) is 42.2 Å². The van der Waals surface area contributed by atoms with E-state index in [-0.39, 0.29) is 24.4 Å². The standard InChI is InChI=1S/C22H25FN2O2/c1-16-8-9-19(23)12-17(16)13-25-11-10-22(18-6-4-3-5-7-18)20(14-25)27-15-21(26)24(22)2/h3-9,12,20H,10-11,13-15H2,1-2H3/t20-,22+/m1/s1. The second-order valence-corrected chi connectivity index (χ2v) is 7.60. The number of rotatable bonds is 3. The SMILES string of the molecule is Cc1ccc(F)cc1CN1CC[C@]2(c3ccccc3)[C@@H](C1)OCC(=O)N2C. The topological polar surface area (TPSA) is 32.8 Å². The van der Waals surface area contributed by atoms with Crippen LogP contribution >= 0.6 is 0 Å². The third-order valence-electron chi connectivity index (χ3n) is 6.13. The molecule has 0 spiro atoms. The van der Waals surface area contributed by atoms with Crippen LogP contribution in [0.25, 0.3) is 0 Å². The van der Waals surface area contributed by atoms with E-state index < -0.39 is 5.54 Å². The third-order valence-corrected chi connectivity index (χ3v) is 6.13. The summed E-state index contributed by atoms with van der Waals surface area (Å²) in [6, 6.07) is 15.1. The van der Waals surface area contributed by atoms with Gasteiger partial charge in [-0.15, -0.1) is 0 Å². The Hall–Kier alpha value is -2.24. The number of aryl methyl sites for hydroxylation is 1. The minimum absolute atomic E-state index is 0.0181. The van der Waals surface area contributed by atoms with E-state index in [1.54, 1.807) is 6.07 Å². The number of carbonyl (C=O) groups is 1. The molecule has 4 nitrogen and oxygen atoms in total. The molecule has 0 N–H and O–H groups in total. The largest absolute Gasteiger partial charge is 0.364 e. The van der Waals surface area contributed by atoms with Gasteiger partial charge in [-0.3, -0.25) is 9.69 Å². The number of nitrogens with zero attached hydrogens (tertiary/aromatic N) is 2. The van der Waals surface area contributed by atoms with Crippen molar-refractivity contribution in [3.8, 4) is 0 Å². The lowest BCUT2D eigenvalue weighted by Gasteiger charge is -2.55. The Morgan fingerprint density at radius 1 is 1.22 bits per heavy atom. The number of hydrogen-bond donors (Lipinski definition) is 0. The number of morpholine rings is 1. The van der Waals surface area contributed by atoms with Gasteiger partial charge in [-0.1, -0.05) is 36.4 Å². The molecule has 2 heterocycles. The Kier molecular flexibility index (Phi) is 4.74. The zero-order chi connectivity index (χ0) is 19.0. The van der Waals surface area contributed by atoms with Crippen LogP contribution in [0.3, 0.4) is 0 Å². The highest BCUT2D eigenvalue weighted by molar-refractivity contribution is 5.79. The number of carbonyl (C=O) groups excluding carboxylic acids is 1. The number of benzene rings is 2. The average Bonchev–Trinajstić information content (AvgIpc) is 2.68. The molecule has 4 rings (SSSR count). The molecule has 0 radical (unpaired) electrons. The van der Waals surface area contributed by atoms with Crippen molar-refractivity contribution in [3.05, 3.63) is 71.0 Å². The Morgan fingerprint density at radius 3 is 2.78 bits per heavy atom. The molecule has 2 saturated heterocycles. The smallest absolute Gasteiger partial charge is 0.249 e. The zero-order valence-corrected chi connectivity index (χ0v) is 15.8. The van der Waals surface area contributed by atoms with E-state index in [2.05, 4.69) is 17.0 Å². The van der Waals surface area contributed by atoms with Gasteiger partial charge in [0.15, 0.2) is 0 Å². The zero-order valence-electron chi connectivity index (χ0n) is 15.8. The van der Waals surface area contributed by atoms with Gasteiger partial charge in [0.2, 0.25) is 5.91 Å². The summed E-state index contributed by atoms with van der Waals surface area (Å²) in [5.74, 6) is -0.185. The molecule has 0 aromatic heterocycles. The summed E-state index contributed by atoms with van der Waals surface area (Å²) in [4.78, 5) is 16.6. The van der Waals surface area contributed by atoms with E-state index >= 15 is 0 Å². The Morgan fingerprint density at radius 2 is 2.00 bits per heavy atom. The first kappa shape index (κ1) is 18.1. The molecular weight excluding hydrogens is 343 g/mol. The predicted molar refractivity (Wildman–Crippen MR) is 102 cm³/mol. The van der Waals surface area contributed by atoms with Crippen LogP contribution in [-0.4, -0.2) is 48.6 Å². The first-order chi connectivity index (χ1) is 13.0. The van der Waals surface area contributed by atoms with Gasteiger partial charge in [0.1, 0.15) is 12.4 Å². The van der Waals surface area contributed by atoms with Crippen LogP contribution in [0.1, 0.15) is 23.1 Å². The van der Waals surface area contributed by atoms with Crippen LogP contribution in [0.15, 0.2) is 48.5 Å². The number of piperidine rings is 1. The Labute approximate surface area is 159 Å². The lowest BCUT2D eigenvalue weighted by Crippen LogP contribution is -2.66. The summed E-state index contributed by atoms with van der Waals surface area (Å²) < 4.78 is 19.7. The molecule has 27 heavy (non-hydrogen) atoms. The first-order valence-corrected chi connectivity index (χ1v) is 9.42. The van der Waals surface area contributed by atoms with Gasteiger partial charge in [0.05, 0.1) is 11.6 Å². The second-order valence-electron chi connectivity index (χ2n) is 7.60. The molecule has 5 heteroatoms. The monoisotopic (exact) mass is 368 g/mol. The summed E-state index contributed by atoms with van der Waals surface area (Å²) in [5.41, 5.74) is 2.77. The molecule has 2 fully saturated rings. The van der Waals surface area contributed by atoms with Crippen molar-refractivity contribution in [2.45, 2.75) is 31.5 Å². The van der Waals surface area contributed by atoms with Crippen LogP contribution in [0, 0.1) is 12.7 Å². The highest BCUT2D eigenvalue weighted by atomic mass is 19.1. The Bertz CT molecular complexity index is 841. The quantitative estimate of drug-likeness (QED) is 0.835. The molecule has 0 aliphatic carbocycles. The number of ether oxygens (including phenoxy) is 1. The average molecular weight is 368 g/mol. The van der Waals surface area contributed by atoms with Gasteiger partial charge >= 0.3 is 0 Å². The molecule has 0 saturated carbocycles. The normalized spacial score (nSPS) is 26.1. The second kappa shape index (κ2) is 7.06. The van der Waals surface area contributed by atoms with E-state index in [1.807, 2.05) is 43.1 Å². The maximum absolute atomic E-state index is 13.7. The number of hydrogen-bond acceptors (Lipinski definition) is 3. The molecule has 0 bridgehead atoms.